The lowest BCUT2D eigenvalue weighted by molar-refractivity contribution is -0.136. The molecule has 1 aromatic rings. The first-order valence-electron chi connectivity index (χ1n) is 22.8. The van der Waals surface area contributed by atoms with E-state index in [1.807, 2.05) is 0 Å². The Morgan fingerprint density at radius 3 is 1.77 bits per heavy atom. The molecule has 0 saturated carbocycles. The molecule has 0 aliphatic carbocycles. The Kier molecular flexibility index (Phi) is 29.4. The van der Waals surface area contributed by atoms with Gasteiger partial charge in [0.15, 0.2) is 5.96 Å². The van der Waals surface area contributed by atoms with Crippen molar-refractivity contribution in [1.82, 2.24) is 47.9 Å². The van der Waals surface area contributed by atoms with E-state index in [4.69, 9.17) is 22.9 Å². The second kappa shape index (κ2) is 33.6. The van der Waals surface area contributed by atoms with Gasteiger partial charge in [0.1, 0.15) is 42.5 Å². The van der Waals surface area contributed by atoms with E-state index in [1.165, 1.54) is 13.8 Å². The third kappa shape index (κ3) is 24.5. The average Bonchev–Trinajstić information content (AvgIpc) is 3.32. The number of unbranched alkanes of at least 4 members (excludes halogenated alkanes) is 2. The molecule has 1 aromatic carbocycles. The van der Waals surface area contributed by atoms with Crippen molar-refractivity contribution >= 4 is 65.4 Å². The number of nitrogens with one attached hydrogen (secondary N) is 9. The number of hydrogen-bond donors (Lipinski definition) is 16. The van der Waals surface area contributed by atoms with Gasteiger partial charge in [-0.2, -0.15) is 0 Å². The van der Waals surface area contributed by atoms with Crippen LogP contribution in [0.4, 0.5) is 0 Å². The molecular formula is C43H72N14O13. The van der Waals surface area contributed by atoms with Crippen LogP contribution in [-0.4, -0.2) is 175 Å². The molecule has 0 saturated heterocycles. The Balaban J connectivity index is 3.19. The van der Waals surface area contributed by atoms with Gasteiger partial charge in [0.25, 0.3) is 5.91 Å². The highest BCUT2D eigenvalue weighted by Gasteiger charge is 2.33. The fourth-order valence-electron chi connectivity index (χ4n) is 6.16. The Morgan fingerprint density at radius 1 is 0.629 bits per heavy atom. The highest BCUT2D eigenvalue weighted by molar-refractivity contribution is 5.97. The lowest BCUT2D eigenvalue weighted by Gasteiger charge is -2.27. The van der Waals surface area contributed by atoms with Crippen LogP contribution >= 0.6 is 0 Å². The van der Waals surface area contributed by atoms with E-state index >= 15 is 0 Å². The number of aliphatic imine (C=N–C) groups is 1. The summed E-state index contributed by atoms with van der Waals surface area (Å²) in [6.45, 7) is 2.01. The third-order valence-electron chi connectivity index (χ3n) is 10.3. The highest BCUT2D eigenvalue weighted by Crippen LogP contribution is 2.08. The number of guanidine groups is 1. The van der Waals surface area contributed by atoms with Crippen molar-refractivity contribution in [3.8, 4) is 0 Å². The normalized spacial score (nSPS) is 14.7. The number of aliphatic hydroxyl groups is 3. The van der Waals surface area contributed by atoms with E-state index in [9.17, 15) is 63.3 Å². The van der Waals surface area contributed by atoms with Crippen molar-refractivity contribution in [2.75, 3.05) is 39.3 Å². The summed E-state index contributed by atoms with van der Waals surface area (Å²) in [5.74, 6) is -7.96. The molecule has 392 valence electrons. The molecule has 27 nitrogen and oxygen atoms in total. The minimum absolute atomic E-state index is 0.0289. The summed E-state index contributed by atoms with van der Waals surface area (Å²) < 4.78 is 0. The number of aliphatic hydroxyl groups excluding tert-OH is 3. The van der Waals surface area contributed by atoms with Crippen molar-refractivity contribution < 1.29 is 63.3 Å². The molecule has 27 heteroatoms. The number of nitrogens with zero attached hydrogens (tertiary/aromatic N) is 1. The summed E-state index contributed by atoms with van der Waals surface area (Å²) in [6, 6.07) is -1.43. The lowest BCUT2D eigenvalue weighted by atomic mass is 10.0. The Bertz CT molecular complexity index is 1900. The monoisotopic (exact) mass is 993 g/mol. The zero-order chi connectivity index (χ0) is 52.8. The molecule has 0 heterocycles. The number of carbonyl (C=O) groups is 10. The van der Waals surface area contributed by atoms with Gasteiger partial charge in [0.05, 0.1) is 37.9 Å². The van der Waals surface area contributed by atoms with Gasteiger partial charge < -0.3 is 90.9 Å². The molecule has 0 aromatic heterocycles. The predicted molar refractivity (Wildman–Crippen MR) is 253 cm³/mol. The highest BCUT2D eigenvalue weighted by atomic mass is 16.3. The first-order valence-corrected chi connectivity index (χ1v) is 22.8. The van der Waals surface area contributed by atoms with E-state index in [2.05, 4.69) is 52.8 Å². The second-order valence-corrected chi connectivity index (χ2v) is 16.2. The van der Waals surface area contributed by atoms with Crippen LogP contribution in [0.25, 0.3) is 0 Å². The summed E-state index contributed by atoms with van der Waals surface area (Å²) in [5, 5.41) is 51.9. The summed E-state index contributed by atoms with van der Waals surface area (Å²) >= 11 is 0. The summed E-state index contributed by atoms with van der Waals surface area (Å²) in [4.78, 5) is 132. The van der Waals surface area contributed by atoms with Gasteiger partial charge in [-0.1, -0.05) is 18.2 Å². The van der Waals surface area contributed by atoms with Gasteiger partial charge in [0.2, 0.25) is 47.3 Å². The molecule has 0 aliphatic heterocycles. The van der Waals surface area contributed by atoms with Gasteiger partial charge in [-0.3, -0.25) is 48.1 Å². The smallest absolute Gasteiger partial charge is 0.251 e. The predicted octanol–water partition coefficient (Wildman–Crippen LogP) is -6.79. The number of aldehydes is 1. The van der Waals surface area contributed by atoms with Crippen LogP contribution < -0.4 is 70.8 Å². The third-order valence-corrected chi connectivity index (χ3v) is 10.3. The van der Waals surface area contributed by atoms with Crippen LogP contribution in [0.3, 0.4) is 0 Å². The minimum atomic E-state index is -1.79. The summed E-state index contributed by atoms with van der Waals surface area (Å²) in [7, 11) is 0. The number of amides is 9. The minimum Gasteiger partial charge on any atom is -0.394 e. The maximum absolute atomic E-state index is 13.9. The van der Waals surface area contributed by atoms with Gasteiger partial charge in [-0.15, -0.1) is 0 Å². The van der Waals surface area contributed by atoms with E-state index in [0.717, 1.165) is 6.92 Å². The Morgan fingerprint density at radius 2 is 1.20 bits per heavy atom. The molecule has 0 radical (unpaired) electrons. The topological polar surface area (TPSA) is 456 Å². The molecule has 20 N–H and O–H groups in total. The van der Waals surface area contributed by atoms with Crippen molar-refractivity contribution in [3.05, 3.63) is 35.9 Å². The zero-order valence-corrected chi connectivity index (χ0v) is 39.7. The van der Waals surface area contributed by atoms with Crippen molar-refractivity contribution in [3.63, 3.8) is 0 Å². The number of nitrogens with two attached hydrogens (primary N) is 4. The van der Waals surface area contributed by atoms with Gasteiger partial charge in [-0.05, 0) is 90.8 Å². The zero-order valence-electron chi connectivity index (χ0n) is 39.7. The molecule has 0 unspecified atom stereocenters. The van der Waals surface area contributed by atoms with Crippen LogP contribution in [0.2, 0.25) is 0 Å². The van der Waals surface area contributed by atoms with Gasteiger partial charge in [-0.25, -0.2) is 0 Å². The molecule has 0 fully saturated rings. The van der Waals surface area contributed by atoms with Crippen LogP contribution in [0.15, 0.2) is 35.3 Å². The van der Waals surface area contributed by atoms with Crippen LogP contribution in [0, 0.1) is 0 Å². The molecule has 0 bridgehead atoms. The molecule has 1 rings (SSSR count). The summed E-state index contributed by atoms with van der Waals surface area (Å²) in [6.07, 6.45) is -0.310. The largest absolute Gasteiger partial charge is 0.394 e. The quantitative estimate of drug-likeness (QED) is 0.0132. The molecule has 70 heavy (non-hydrogen) atoms. The van der Waals surface area contributed by atoms with Crippen LogP contribution in [-0.2, 0) is 43.2 Å². The molecule has 9 atom stereocenters. The molecular weight excluding hydrogens is 921 g/mol. The number of benzene rings is 1. The molecule has 0 spiro atoms. The maximum atomic E-state index is 13.9. The first kappa shape index (κ1) is 61.2. The number of rotatable bonds is 34. The van der Waals surface area contributed by atoms with E-state index in [-0.39, 0.29) is 50.6 Å². The Labute approximate surface area is 405 Å². The molecule has 9 amide bonds. The van der Waals surface area contributed by atoms with Gasteiger partial charge in [0, 0.05) is 18.7 Å². The first-order chi connectivity index (χ1) is 33.1. The van der Waals surface area contributed by atoms with Crippen LogP contribution in [0.5, 0.6) is 0 Å². The van der Waals surface area contributed by atoms with Crippen molar-refractivity contribution in [2.24, 2.45) is 27.9 Å². The maximum Gasteiger partial charge on any atom is 0.251 e. The SMILES string of the molecule is C[C@H](NC(=O)[C@@H](N)[C@@H](C)O)C(=O)N[C@@H](CCCN=C(N)N)C(=O)N[C@@H](CCCCNC(=O)c1ccccc1)C(=O)N[C@@H](CO)C(=O)N[C@H](C(=O)NCC(=O)NCC(=O)N[C@H](C=O)CCCCN)[C@@H](C)O. The van der Waals surface area contributed by atoms with E-state index < -0.39 is 121 Å². The summed E-state index contributed by atoms with van der Waals surface area (Å²) in [5.41, 5.74) is 22.4. The Hall–Kier alpha value is -6.81. The number of carbonyl (C=O) groups excluding carboxylic acids is 10. The lowest BCUT2D eigenvalue weighted by Crippen LogP contribution is -2.61. The average molecular weight is 993 g/mol. The van der Waals surface area contributed by atoms with Crippen molar-refractivity contribution in [2.45, 2.75) is 127 Å². The van der Waals surface area contributed by atoms with E-state index in [1.54, 1.807) is 30.3 Å². The fourth-order valence-corrected chi connectivity index (χ4v) is 6.16. The standard InChI is InChI=1S/C43H72N14O13/c1-24(52-41(69)34(45)25(2)60)36(64)54-30(16-11-19-49-43(46)47)38(66)55-29(15-8-10-18-48-37(65)27-12-5-4-6-13-27)39(67)56-31(23-59)40(68)57-35(26(3)61)42(70)51-20-32(62)50-21-33(63)53-28(22-58)14-7-9-17-44/h4-6,12-13,22,24-26,28-31,34-35,59-61H,7-11,14-21,23,44-45H2,1-3H3,(H,48,65)(H,50,62)(H,51,70)(H,52,69)(H,53,63)(H,54,64)(H,55,66)(H,56,67)(H,57,68)(H4,46,47,49)/t24-,25+,26+,28-,29-,30-,31-,34-,35-/m0/s1. The van der Waals surface area contributed by atoms with Crippen LogP contribution in [0.1, 0.15) is 82.5 Å². The van der Waals surface area contributed by atoms with Crippen molar-refractivity contribution in [1.29, 1.82) is 0 Å². The molecule has 0 aliphatic rings. The fraction of sp³-hybridized carbons (Fsp3) is 0.605. The second-order valence-electron chi connectivity index (χ2n) is 16.2. The van der Waals surface area contributed by atoms with E-state index in [0.29, 0.717) is 44.1 Å². The number of hydrogen-bond acceptors (Lipinski definition) is 16. The van der Waals surface area contributed by atoms with Gasteiger partial charge >= 0.3 is 0 Å².